The number of hydrogen-bond acceptors (Lipinski definition) is 5. The van der Waals surface area contributed by atoms with Crippen molar-refractivity contribution in [2.24, 2.45) is 12.0 Å². The molecule has 2 rings (SSSR count). The first-order valence-corrected chi connectivity index (χ1v) is 7.31. The molecule has 0 spiro atoms. The molecule has 2 N–H and O–H groups in total. The number of nitrogens with one attached hydrogen (secondary N) is 2. The Hall–Kier alpha value is -1.96. The molecule has 0 bridgehead atoms. The number of nitrogens with zero attached hydrogens (tertiary/aromatic N) is 5. The van der Waals surface area contributed by atoms with Crippen LogP contribution in [0.4, 0.5) is 0 Å². The number of aryl methyl sites for hydroxylation is 2. The molecule has 0 saturated heterocycles. The first-order chi connectivity index (χ1) is 9.72. The summed E-state index contributed by atoms with van der Waals surface area (Å²) in [5.74, 6) is 1.58. The third-order valence-electron chi connectivity index (χ3n) is 2.78. The molecule has 0 amide bonds. The van der Waals surface area contributed by atoms with E-state index >= 15 is 0 Å². The molecule has 0 aliphatic carbocycles. The average Bonchev–Trinajstić information content (AvgIpc) is 3.08. The Kier molecular flexibility index (Phi) is 5.05. The number of hydrogen-bond donors (Lipinski definition) is 2. The van der Waals surface area contributed by atoms with E-state index in [0.717, 1.165) is 28.9 Å². The Balaban J connectivity index is 1.82. The predicted octanol–water partition coefficient (Wildman–Crippen LogP) is 0.699. The van der Waals surface area contributed by atoms with Gasteiger partial charge in [0.05, 0.1) is 23.8 Å². The first-order valence-electron chi connectivity index (χ1n) is 6.43. The first kappa shape index (κ1) is 14.4. The molecular weight excluding hydrogens is 274 g/mol. The van der Waals surface area contributed by atoms with Crippen LogP contribution in [0.2, 0.25) is 0 Å². The maximum Gasteiger partial charge on any atom is 0.191 e. The summed E-state index contributed by atoms with van der Waals surface area (Å²) >= 11 is 1.69. The van der Waals surface area contributed by atoms with Crippen molar-refractivity contribution in [2.45, 2.75) is 26.4 Å². The smallest absolute Gasteiger partial charge is 0.191 e. The molecule has 0 aliphatic heterocycles. The van der Waals surface area contributed by atoms with Crippen LogP contribution in [0.25, 0.3) is 0 Å². The highest BCUT2D eigenvalue weighted by atomic mass is 32.1. The lowest BCUT2D eigenvalue weighted by Crippen LogP contribution is -2.37. The highest BCUT2D eigenvalue weighted by Gasteiger charge is 2.04. The maximum atomic E-state index is 4.51. The van der Waals surface area contributed by atoms with Crippen LogP contribution < -0.4 is 10.6 Å². The van der Waals surface area contributed by atoms with Gasteiger partial charge in [-0.15, -0.1) is 11.3 Å². The minimum atomic E-state index is 0.577. The van der Waals surface area contributed by atoms with Crippen molar-refractivity contribution in [1.82, 2.24) is 30.4 Å². The molecule has 0 saturated carbocycles. The summed E-state index contributed by atoms with van der Waals surface area (Å²) in [6, 6.07) is 0. The van der Waals surface area contributed by atoms with Crippen LogP contribution in [0.1, 0.15) is 23.4 Å². The van der Waals surface area contributed by atoms with Gasteiger partial charge >= 0.3 is 0 Å². The second kappa shape index (κ2) is 6.99. The van der Waals surface area contributed by atoms with E-state index in [-0.39, 0.29) is 0 Å². The van der Waals surface area contributed by atoms with Gasteiger partial charge in [-0.1, -0.05) is 6.92 Å². The number of aliphatic imine (C=N–C) groups is 1. The summed E-state index contributed by atoms with van der Waals surface area (Å²) < 4.78 is 1.73. The Bertz CT molecular complexity index is 572. The van der Waals surface area contributed by atoms with E-state index in [2.05, 4.69) is 43.0 Å². The molecule has 0 radical (unpaired) electrons. The maximum absolute atomic E-state index is 4.51. The Morgan fingerprint density at radius 2 is 2.20 bits per heavy atom. The van der Waals surface area contributed by atoms with E-state index in [0.29, 0.717) is 13.1 Å². The summed E-state index contributed by atoms with van der Waals surface area (Å²) in [5, 5.41) is 13.7. The molecule has 0 unspecified atom stereocenters. The standard InChI is InChI=1S/C12H19N7S/c1-4-11-18-9(7-20-11)5-14-12(13-2)15-6-10-16-8-17-19(10)3/h7-8H,4-6H2,1-3H3,(H2,13,14,15). The highest BCUT2D eigenvalue weighted by molar-refractivity contribution is 7.09. The third-order valence-corrected chi connectivity index (χ3v) is 3.82. The summed E-state index contributed by atoms with van der Waals surface area (Å²) in [6.07, 6.45) is 2.51. The minimum Gasteiger partial charge on any atom is -0.351 e. The van der Waals surface area contributed by atoms with E-state index in [1.807, 2.05) is 7.05 Å². The fourth-order valence-corrected chi connectivity index (χ4v) is 2.38. The quantitative estimate of drug-likeness (QED) is 0.626. The van der Waals surface area contributed by atoms with Gasteiger partial charge in [0, 0.05) is 19.5 Å². The van der Waals surface area contributed by atoms with E-state index < -0.39 is 0 Å². The van der Waals surface area contributed by atoms with E-state index in [1.54, 1.807) is 23.1 Å². The van der Waals surface area contributed by atoms with Crippen molar-refractivity contribution < 1.29 is 0 Å². The van der Waals surface area contributed by atoms with Crippen LogP contribution in [0.15, 0.2) is 16.7 Å². The van der Waals surface area contributed by atoms with Crippen LogP contribution in [0.5, 0.6) is 0 Å². The molecule has 0 aromatic carbocycles. The average molecular weight is 293 g/mol. The fraction of sp³-hybridized carbons (Fsp3) is 0.500. The second-order valence-corrected chi connectivity index (χ2v) is 5.11. The topological polar surface area (TPSA) is 80.0 Å². The predicted molar refractivity (Wildman–Crippen MR) is 79.5 cm³/mol. The molecule has 8 heteroatoms. The zero-order valence-electron chi connectivity index (χ0n) is 11.9. The Morgan fingerprint density at radius 1 is 1.40 bits per heavy atom. The van der Waals surface area contributed by atoms with Crippen LogP contribution >= 0.6 is 11.3 Å². The largest absolute Gasteiger partial charge is 0.351 e. The third kappa shape index (κ3) is 3.77. The van der Waals surface area contributed by atoms with Gasteiger partial charge < -0.3 is 10.6 Å². The fourth-order valence-electron chi connectivity index (χ4n) is 1.63. The molecule has 0 fully saturated rings. The zero-order chi connectivity index (χ0) is 14.4. The van der Waals surface area contributed by atoms with Gasteiger partial charge in [-0.25, -0.2) is 9.97 Å². The monoisotopic (exact) mass is 293 g/mol. The number of aromatic nitrogens is 4. The van der Waals surface area contributed by atoms with Gasteiger partial charge in [0.2, 0.25) is 0 Å². The lowest BCUT2D eigenvalue weighted by Gasteiger charge is -2.10. The molecule has 2 aromatic rings. The van der Waals surface area contributed by atoms with E-state index in [1.165, 1.54) is 6.33 Å². The summed E-state index contributed by atoms with van der Waals surface area (Å²) in [6.45, 7) is 3.35. The van der Waals surface area contributed by atoms with Gasteiger partial charge in [-0.2, -0.15) is 5.10 Å². The summed E-state index contributed by atoms with van der Waals surface area (Å²) in [5.41, 5.74) is 1.04. The van der Waals surface area contributed by atoms with Crippen LogP contribution in [-0.2, 0) is 26.6 Å². The van der Waals surface area contributed by atoms with Gasteiger partial charge in [-0.3, -0.25) is 9.67 Å². The van der Waals surface area contributed by atoms with Crippen LogP contribution in [-0.4, -0.2) is 32.8 Å². The second-order valence-electron chi connectivity index (χ2n) is 4.17. The minimum absolute atomic E-state index is 0.577. The molecule has 108 valence electrons. The number of guanidine groups is 1. The van der Waals surface area contributed by atoms with Gasteiger partial charge in [0.25, 0.3) is 0 Å². The zero-order valence-corrected chi connectivity index (χ0v) is 12.7. The van der Waals surface area contributed by atoms with Crippen molar-refractivity contribution in [3.8, 4) is 0 Å². The van der Waals surface area contributed by atoms with Crippen molar-refractivity contribution in [2.75, 3.05) is 7.05 Å². The van der Waals surface area contributed by atoms with Gasteiger partial charge in [0.1, 0.15) is 12.2 Å². The Labute approximate surface area is 122 Å². The van der Waals surface area contributed by atoms with Crippen LogP contribution in [0.3, 0.4) is 0 Å². The number of rotatable bonds is 5. The Morgan fingerprint density at radius 3 is 2.80 bits per heavy atom. The van der Waals surface area contributed by atoms with Crippen LogP contribution in [0, 0.1) is 0 Å². The summed E-state index contributed by atoms with van der Waals surface area (Å²) in [7, 11) is 3.60. The van der Waals surface area contributed by atoms with Crippen molar-refractivity contribution >= 4 is 17.3 Å². The lowest BCUT2D eigenvalue weighted by molar-refractivity contribution is 0.672. The number of thiazole rings is 1. The summed E-state index contributed by atoms with van der Waals surface area (Å²) in [4.78, 5) is 12.8. The molecule has 7 nitrogen and oxygen atoms in total. The molecule has 0 atom stereocenters. The molecular formula is C12H19N7S. The molecule has 2 heterocycles. The van der Waals surface area contributed by atoms with E-state index in [9.17, 15) is 0 Å². The van der Waals surface area contributed by atoms with Crippen molar-refractivity contribution in [1.29, 1.82) is 0 Å². The normalized spacial score (nSPS) is 11.7. The van der Waals surface area contributed by atoms with Crippen molar-refractivity contribution in [3.05, 3.63) is 28.2 Å². The molecule has 2 aromatic heterocycles. The van der Waals surface area contributed by atoms with Gasteiger partial charge in [0.15, 0.2) is 5.96 Å². The molecule has 20 heavy (non-hydrogen) atoms. The molecule has 0 aliphatic rings. The SMILES string of the molecule is CCc1nc(CNC(=NC)NCc2ncnn2C)cs1. The van der Waals surface area contributed by atoms with Gasteiger partial charge in [-0.05, 0) is 6.42 Å². The van der Waals surface area contributed by atoms with Crippen molar-refractivity contribution in [3.63, 3.8) is 0 Å². The van der Waals surface area contributed by atoms with E-state index in [4.69, 9.17) is 0 Å². The lowest BCUT2D eigenvalue weighted by atomic mass is 10.4. The highest BCUT2D eigenvalue weighted by Crippen LogP contribution is 2.09.